The number of unbranched alkanes of at least 4 members (excludes halogenated alkanes) is 2. The molecule has 0 unspecified atom stereocenters. The third-order valence-corrected chi connectivity index (χ3v) is 2.99. The molecule has 0 spiro atoms. The number of hydrogen-bond donors (Lipinski definition) is 1. The van der Waals surface area contributed by atoms with Crippen LogP contribution in [0.15, 0.2) is 10.5 Å². The zero-order valence-corrected chi connectivity index (χ0v) is 13.1. The van der Waals surface area contributed by atoms with Gasteiger partial charge in [0.25, 0.3) is 0 Å². The van der Waals surface area contributed by atoms with Crippen LogP contribution in [0.5, 0.6) is 0 Å². The van der Waals surface area contributed by atoms with Crippen molar-refractivity contribution in [2.45, 2.75) is 72.6 Å². The molecular formula is C16H29NO2. The van der Waals surface area contributed by atoms with Crippen molar-refractivity contribution in [1.29, 1.82) is 0 Å². The lowest BCUT2D eigenvalue weighted by molar-refractivity contribution is 0.102. The van der Waals surface area contributed by atoms with Gasteiger partial charge in [0.05, 0.1) is 6.54 Å². The van der Waals surface area contributed by atoms with E-state index in [0.717, 1.165) is 31.1 Å². The zero-order valence-electron chi connectivity index (χ0n) is 13.1. The number of rotatable bonds is 8. The Morgan fingerprint density at radius 1 is 1.26 bits per heavy atom. The molecule has 0 saturated carbocycles. The van der Waals surface area contributed by atoms with Crippen LogP contribution in [-0.2, 0) is 17.9 Å². The third-order valence-electron chi connectivity index (χ3n) is 2.99. The molecule has 1 aromatic rings. The van der Waals surface area contributed by atoms with Gasteiger partial charge in [0, 0.05) is 12.1 Å². The Morgan fingerprint density at radius 2 is 2.00 bits per heavy atom. The van der Waals surface area contributed by atoms with E-state index in [9.17, 15) is 0 Å². The van der Waals surface area contributed by atoms with Gasteiger partial charge in [0.2, 0.25) is 0 Å². The van der Waals surface area contributed by atoms with E-state index >= 15 is 0 Å². The van der Waals surface area contributed by atoms with Gasteiger partial charge < -0.3 is 14.5 Å². The maximum absolute atomic E-state index is 5.83. The SMILES string of the molecule is CCCCCOCc1cc(C)c(CNC(C)(C)C)o1. The monoisotopic (exact) mass is 267 g/mol. The molecule has 3 heteroatoms. The fourth-order valence-corrected chi connectivity index (χ4v) is 1.81. The van der Waals surface area contributed by atoms with Gasteiger partial charge in [-0.2, -0.15) is 0 Å². The minimum Gasteiger partial charge on any atom is -0.462 e. The standard InChI is InChI=1S/C16H29NO2/c1-6-7-8-9-18-12-14-10-13(2)15(19-14)11-17-16(3,4)5/h10,17H,6-9,11-12H2,1-5H3. The number of nitrogens with one attached hydrogen (secondary N) is 1. The average molecular weight is 267 g/mol. The van der Waals surface area contributed by atoms with Crippen molar-refractivity contribution in [2.24, 2.45) is 0 Å². The number of ether oxygens (including phenoxy) is 1. The first-order valence-electron chi connectivity index (χ1n) is 7.33. The molecule has 0 bridgehead atoms. The second kappa shape index (κ2) is 7.71. The fraction of sp³-hybridized carbons (Fsp3) is 0.750. The van der Waals surface area contributed by atoms with Crippen molar-refractivity contribution >= 4 is 0 Å². The van der Waals surface area contributed by atoms with E-state index in [0.29, 0.717) is 6.61 Å². The molecule has 3 nitrogen and oxygen atoms in total. The summed E-state index contributed by atoms with van der Waals surface area (Å²) in [7, 11) is 0. The number of hydrogen-bond acceptors (Lipinski definition) is 3. The third kappa shape index (κ3) is 6.79. The van der Waals surface area contributed by atoms with Gasteiger partial charge in [0.1, 0.15) is 18.1 Å². The van der Waals surface area contributed by atoms with Crippen LogP contribution in [-0.4, -0.2) is 12.1 Å². The second-order valence-corrected chi connectivity index (χ2v) is 6.18. The van der Waals surface area contributed by atoms with Crippen LogP contribution in [0.1, 0.15) is 64.0 Å². The van der Waals surface area contributed by atoms with Crippen molar-refractivity contribution in [2.75, 3.05) is 6.61 Å². The summed E-state index contributed by atoms with van der Waals surface area (Å²) in [5, 5.41) is 3.44. The highest BCUT2D eigenvalue weighted by Gasteiger charge is 2.12. The molecule has 0 aliphatic heterocycles. The van der Waals surface area contributed by atoms with Crippen molar-refractivity contribution in [3.8, 4) is 0 Å². The predicted octanol–water partition coefficient (Wildman–Crippen LogP) is 4.18. The molecule has 1 heterocycles. The molecule has 1 aromatic heterocycles. The summed E-state index contributed by atoms with van der Waals surface area (Å²) >= 11 is 0. The predicted molar refractivity (Wildman–Crippen MR) is 79.2 cm³/mol. The highest BCUT2D eigenvalue weighted by Crippen LogP contribution is 2.16. The van der Waals surface area contributed by atoms with Crippen molar-refractivity contribution < 1.29 is 9.15 Å². The minimum atomic E-state index is 0.107. The molecule has 0 aromatic carbocycles. The van der Waals surface area contributed by atoms with Gasteiger partial charge in [0.15, 0.2) is 0 Å². The summed E-state index contributed by atoms with van der Waals surface area (Å²) in [5.74, 6) is 1.95. The van der Waals surface area contributed by atoms with E-state index in [2.05, 4.69) is 46.0 Å². The molecule has 110 valence electrons. The molecule has 0 radical (unpaired) electrons. The molecular weight excluding hydrogens is 238 g/mol. The fourth-order valence-electron chi connectivity index (χ4n) is 1.81. The summed E-state index contributed by atoms with van der Waals surface area (Å²) in [5.41, 5.74) is 1.31. The molecule has 0 fully saturated rings. The summed E-state index contributed by atoms with van der Waals surface area (Å²) in [6.45, 7) is 12.9. The second-order valence-electron chi connectivity index (χ2n) is 6.18. The van der Waals surface area contributed by atoms with Gasteiger partial charge in [-0.3, -0.25) is 0 Å². The average Bonchev–Trinajstić information content (AvgIpc) is 2.66. The van der Waals surface area contributed by atoms with Crippen molar-refractivity contribution in [1.82, 2.24) is 5.32 Å². The van der Waals surface area contributed by atoms with Crippen LogP contribution >= 0.6 is 0 Å². The van der Waals surface area contributed by atoms with E-state index in [1.54, 1.807) is 0 Å². The lowest BCUT2D eigenvalue weighted by atomic mass is 10.1. The summed E-state index contributed by atoms with van der Waals surface area (Å²) in [4.78, 5) is 0. The quantitative estimate of drug-likeness (QED) is 0.717. The van der Waals surface area contributed by atoms with Crippen LogP contribution in [0, 0.1) is 6.92 Å². The maximum Gasteiger partial charge on any atom is 0.130 e. The first-order chi connectivity index (χ1) is 8.92. The van der Waals surface area contributed by atoms with Gasteiger partial charge in [-0.05, 0) is 45.7 Å². The number of aryl methyl sites for hydroxylation is 1. The molecule has 0 saturated heterocycles. The Balaban J connectivity index is 2.36. The van der Waals surface area contributed by atoms with E-state index in [4.69, 9.17) is 9.15 Å². The van der Waals surface area contributed by atoms with Crippen molar-refractivity contribution in [3.05, 3.63) is 23.2 Å². The topological polar surface area (TPSA) is 34.4 Å². The minimum absolute atomic E-state index is 0.107. The largest absolute Gasteiger partial charge is 0.462 e. The number of furan rings is 1. The molecule has 0 amide bonds. The van der Waals surface area contributed by atoms with Crippen LogP contribution in [0.4, 0.5) is 0 Å². The van der Waals surface area contributed by atoms with Gasteiger partial charge in [-0.15, -0.1) is 0 Å². The van der Waals surface area contributed by atoms with Gasteiger partial charge in [-0.25, -0.2) is 0 Å². The summed E-state index contributed by atoms with van der Waals surface area (Å²) < 4.78 is 11.5. The van der Waals surface area contributed by atoms with Crippen LogP contribution in [0.25, 0.3) is 0 Å². The smallest absolute Gasteiger partial charge is 0.130 e. The lowest BCUT2D eigenvalue weighted by Crippen LogP contribution is -2.35. The summed E-state index contributed by atoms with van der Waals surface area (Å²) in [6, 6.07) is 2.08. The molecule has 19 heavy (non-hydrogen) atoms. The molecule has 1 N–H and O–H groups in total. The first kappa shape index (κ1) is 16.3. The zero-order chi connectivity index (χ0) is 14.3. The molecule has 0 aliphatic carbocycles. The molecule has 0 aliphatic rings. The van der Waals surface area contributed by atoms with Crippen LogP contribution in [0.2, 0.25) is 0 Å². The highest BCUT2D eigenvalue weighted by molar-refractivity contribution is 5.19. The Hall–Kier alpha value is -0.800. The first-order valence-corrected chi connectivity index (χ1v) is 7.33. The van der Waals surface area contributed by atoms with Gasteiger partial charge in [-0.1, -0.05) is 19.8 Å². The Bertz CT molecular complexity index is 363. The lowest BCUT2D eigenvalue weighted by Gasteiger charge is -2.19. The van der Waals surface area contributed by atoms with E-state index in [-0.39, 0.29) is 5.54 Å². The van der Waals surface area contributed by atoms with Gasteiger partial charge >= 0.3 is 0 Å². The van der Waals surface area contributed by atoms with Crippen LogP contribution < -0.4 is 5.32 Å². The normalized spacial score (nSPS) is 12.1. The summed E-state index contributed by atoms with van der Waals surface area (Å²) in [6.07, 6.45) is 3.60. The Morgan fingerprint density at radius 3 is 2.63 bits per heavy atom. The van der Waals surface area contributed by atoms with E-state index in [1.165, 1.54) is 18.4 Å². The Labute approximate surface area is 117 Å². The molecule has 0 atom stereocenters. The molecule has 1 rings (SSSR count). The van der Waals surface area contributed by atoms with E-state index in [1.807, 2.05) is 0 Å². The van der Waals surface area contributed by atoms with E-state index < -0.39 is 0 Å². The highest BCUT2D eigenvalue weighted by atomic mass is 16.5. The van der Waals surface area contributed by atoms with Crippen LogP contribution in [0.3, 0.4) is 0 Å². The Kier molecular flexibility index (Phi) is 6.59. The van der Waals surface area contributed by atoms with Crippen molar-refractivity contribution in [3.63, 3.8) is 0 Å². The maximum atomic E-state index is 5.83.